The molecule has 0 bridgehead atoms. The van der Waals surface area contributed by atoms with Crippen LogP contribution >= 0.6 is 0 Å². The highest BCUT2D eigenvalue weighted by molar-refractivity contribution is 5.82. The second-order valence-corrected chi connectivity index (χ2v) is 9.76. The molecule has 0 spiro atoms. The molecule has 1 fully saturated rings. The Balaban J connectivity index is 1.80. The largest absolute Gasteiger partial charge is 0.464 e. The second kappa shape index (κ2) is 13.1. The molecule has 3 rings (SSSR count). The van der Waals surface area contributed by atoms with Crippen molar-refractivity contribution in [3.63, 3.8) is 0 Å². The van der Waals surface area contributed by atoms with Crippen LogP contribution in [0.1, 0.15) is 51.7 Å². The fourth-order valence-corrected chi connectivity index (χ4v) is 3.96. The second-order valence-electron chi connectivity index (χ2n) is 9.76. The lowest BCUT2D eigenvalue weighted by atomic mass is 9.98. The summed E-state index contributed by atoms with van der Waals surface area (Å²) in [7, 11) is 0. The van der Waals surface area contributed by atoms with Gasteiger partial charge < -0.3 is 14.2 Å². The van der Waals surface area contributed by atoms with Crippen LogP contribution in [0.2, 0.25) is 0 Å². The Hall–Kier alpha value is -3.59. The zero-order chi connectivity index (χ0) is 26.8. The lowest BCUT2D eigenvalue weighted by Crippen LogP contribution is -2.58. The zero-order valence-corrected chi connectivity index (χ0v) is 21.9. The average molecular weight is 513 g/mol. The molecule has 2 amide bonds. The van der Waals surface area contributed by atoms with E-state index in [0.717, 1.165) is 11.1 Å². The summed E-state index contributed by atoms with van der Waals surface area (Å²) < 4.78 is 16.3. The van der Waals surface area contributed by atoms with E-state index in [1.807, 2.05) is 60.7 Å². The lowest BCUT2D eigenvalue weighted by Gasteiger charge is -2.41. The minimum Gasteiger partial charge on any atom is -0.464 e. The van der Waals surface area contributed by atoms with Gasteiger partial charge in [0.15, 0.2) is 0 Å². The first-order valence-corrected chi connectivity index (χ1v) is 12.5. The number of amides is 2. The number of ether oxygens (including phenoxy) is 3. The predicted octanol–water partition coefficient (Wildman–Crippen LogP) is 5.09. The van der Waals surface area contributed by atoms with Gasteiger partial charge in [-0.3, -0.25) is 9.74 Å². The van der Waals surface area contributed by atoms with Gasteiger partial charge in [-0.1, -0.05) is 60.7 Å². The fourth-order valence-electron chi connectivity index (χ4n) is 3.96. The van der Waals surface area contributed by atoms with Gasteiger partial charge in [0.2, 0.25) is 0 Å². The van der Waals surface area contributed by atoms with Crippen molar-refractivity contribution in [2.24, 2.45) is 0 Å². The molecule has 1 saturated heterocycles. The molecule has 2 unspecified atom stereocenters. The Morgan fingerprint density at radius 2 is 1.49 bits per heavy atom. The summed E-state index contributed by atoms with van der Waals surface area (Å²) in [6.07, 6.45) is -0.655. The summed E-state index contributed by atoms with van der Waals surface area (Å²) in [5.74, 6) is -0.504. The van der Waals surface area contributed by atoms with Crippen LogP contribution in [0.15, 0.2) is 60.7 Å². The third-order valence-corrected chi connectivity index (χ3v) is 5.67. The van der Waals surface area contributed by atoms with Gasteiger partial charge in [0, 0.05) is 6.54 Å². The van der Waals surface area contributed by atoms with Crippen molar-refractivity contribution in [2.75, 3.05) is 13.2 Å². The molecule has 37 heavy (non-hydrogen) atoms. The van der Waals surface area contributed by atoms with E-state index in [4.69, 9.17) is 19.0 Å². The highest BCUT2D eigenvalue weighted by atomic mass is 16.7. The van der Waals surface area contributed by atoms with Gasteiger partial charge in [-0.15, -0.1) is 0 Å². The van der Waals surface area contributed by atoms with E-state index in [-0.39, 0.29) is 32.8 Å². The Morgan fingerprint density at radius 3 is 2.05 bits per heavy atom. The first-order chi connectivity index (χ1) is 17.7. The van der Waals surface area contributed by atoms with Gasteiger partial charge in [0.05, 0.1) is 12.6 Å². The smallest absolute Gasteiger partial charge is 0.434 e. The van der Waals surface area contributed by atoms with Gasteiger partial charge in [-0.2, -0.15) is 5.06 Å². The first kappa shape index (κ1) is 28.0. The first-order valence-electron chi connectivity index (χ1n) is 12.5. The minimum absolute atomic E-state index is 0.0214. The Kier molecular flexibility index (Phi) is 9.91. The lowest BCUT2D eigenvalue weighted by molar-refractivity contribution is -0.185. The summed E-state index contributed by atoms with van der Waals surface area (Å²) >= 11 is 0. The number of likely N-dealkylation sites (tertiary alicyclic amines) is 1. The maximum atomic E-state index is 13.2. The average Bonchev–Trinajstić information content (AvgIpc) is 2.88. The Bertz CT molecular complexity index is 1020. The van der Waals surface area contributed by atoms with Crippen molar-refractivity contribution in [3.8, 4) is 0 Å². The van der Waals surface area contributed by atoms with Crippen LogP contribution < -0.4 is 0 Å². The van der Waals surface area contributed by atoms with E-state index in [1.54, 1.807) is 27.7 Å². The standard InChI is InChI=1S/C28H36N2O7/c1-5-34-25(31)24-17-16-23(18-29(24)26(32)37-28(2,3)4)30(36-20-22-14-10-7-11-15-22)27(33)35-19-21-12-8-6-9-13-21/h6-15,23-24H,5,16-20H2,1-4H3. The van der Waals surface area contributed by atoms with Crippen LogP contribution in [-0.4, -0.2) is 59.0 Å². The maximum absolute atomic E-state index is 13.2. The number of nitrogens with zero attached hydrogens (tertiary/aromatic N) is 2. The third-order valence-electron chi connectivity index (χ3n) is 5.67. The monoisotopic (exact) mass is 512 g/mol. The molecular weight excluding hydrogens is 476 g/mol. The van der Waals surface area contributed by atoms with Crippen molar-refractivity contribution in [1.82, 2.24) is 9.96 Å². The Morgan fingerprint density at radius 1 is 0.892 bits per heavy atom. The molecule has 0 N–H and O–H groups in total. The number of hydroxylamine groups is 2. The van der Waals surface area contributed by atoms with Gasteiger partial charge in [0.25, 0.3) is 0 Å². The molecule has 9 heteroatoms. The molecule has 1 aliphatic rings. The van der Waals surface area contributed by atoms with Crippen LogP contribution in [0.25, 0.3) is 0 Å². The topological polar surface area (TPSA) is 94.6 Å². The molecule has 0 aliphatic carbocycles. The quantitative estimate of drug-likeness (QED) is 0.276. The molecule has 2 aromatic carbocycles. The van der Waals surface area contributed by atoms with E-state index in [0.29, 0.717) is 6.42 Å². The normalized spacial score (nSPS) is 17.6. The maximum Gasteiger partial charge on any atom is 0.434 e. The van der Waals surface area contributed by atoms with E-state index < -0.39 is 35.8 Å². The number of esters is 1. The van der Waals surface area contributed by atoms with Crippen molar-refractivity contribution >= 4 is 18.2 Å². The zero-order valence-electron chi connectivity index (χ0n) is 21.9. The molecule has 1 aliphatic heterocycles. The van der Waals surface area contributed by atoms with Crippen molar-refractivity contribution in [3.05, 3.63) is 71.8 Å². The van der Waals surface area contributed by atoms with E-state index in [2.05, 4.69) is 0 Å². The van der Waals surface area contributed by atoms with E-state index in [1.165, 1.54) is 9.96 Å². The van der Waals surface area contributed by atoms with Gasteiger partial charge in [-0.05, 0) is 51.7 Å². The molecule has 2 atom stereocenters. The summed E-state index contributed by atoms with van der Waals surface area (Å²) in [4.78, 5) is 46.2. The van der Waals surface area contributed by atoms with Crippen LogP contribution in [0.3, 0.4) is 0 Å². The SMILES string of the molecule is CCOC(=O)C1CCC(N(OCc2ccccc2)C(=O)OCc2ccccc2)CN1C(=O)OC(C)(C)C. The highest BCUT2D eigenvalue weighted by Gasteiger charge is 2.42. The van der Waals surface area contributed by atoms with Gasteiger partial charge in [0.1, 0.15) is 24.9 Å². The third kappa shape index (κ3) is 8.49. The van der Waals surface area contributed by atoms with Crippen molar-refractivity contribution in [1.29, 1.82) is 0 Å². The van der Waals surface area contributed by atoms with Crippen LogP contribution in [0, 0.1) is 0 Å². The number of hydrogen-bond donors (Lipinski definition) is 0. The van der Waals surface area contributed by atoms with Gasteiger partial charge >= 0.3 is 18.2 Å². The molecule has 0 aromatic heterocycles. The number of hydrogen-bond acceptors (Lipinski definition) is 7. The number of rotatable bonds is 8. The summed E-state index contributed by atoms with van der Waals surface area (Å²) in [6.45, 7) is 7.38. The van der Waals surface area contributed by atoms with Gasteiger partial charge in [-0.25, -0.2) is 14.4 Å². The molecule has 0 radical (unpaired) electrons. The van der Waals surface area contributed by atoms with Crippen molar-refractivity contribution < 1.29 is 33.4 Å². The summed E-state index contributed by atoms with van der Waals surface area (Å²) in [6, 6.07) is 17.4. The van der Waals surface area contributed by atoms with Crippen molar-refractivity contribution in [2.45, 2.75) is 71.4 Å². The van der Waals surface area contributed by atoms with Crippen LogP contribution in [0.4, 0.5) is 9.59 Å². The summed E-state index contributed by atoms with van der Waals surface area (Å²) in [5, 5.41) is 1.18. The van der Waals surface area contributed by atoms with Crippen LogP contribution in [-0.2, 0) is 37.1 Å². The number of benzene rings is 2. The fraction of sp³-hybridized carbons (Fsp3) is 0.464. The molecule has 2 aromatic rings. The van der Waals surface area contributed by atoms with Crippen LogP contribution in [0.5, 0.6) is 0 Å². The number of carbonyl (C=O) groups excluding carboxylic acids is 3. The minimum atomic E-state index is -0.817. The molecule has 200 valence electrons. The van der Waals surface area contributed by atoms with E-state index >= 15 is 0 Å². The molecule has 1 heterocycles. The Labute approximate surface area is 218 Å². The molecular formula is C28H36N2O7. The predicted molar refractivity (Wildman–Crippen MR) is 136 cm³/mol. The molecule has 0 saturated carbocycles. The van der Waals surface area contributed by atoms with E-state index in [9.17, 15) is 14.4 Å². The summed E-state index contributed by atoms with van der Waals surface area (Å²) in [5.41, 5.74) is 0.939. The highest BCUT2D eigenvalue weighted by Crippen LogP contribution is 2.26. The molecule has 9 nitrogen and oxygen atoms in total. The number of piperidine rings is 1. The number of carbonyl (C=O) groups is 3.